The van der Waals surface area contributed by atoms with Gasteiger partial charge in [0.05, 0.1) is 10.7 Å². The van der Waals surface area contributed by atoms with Crippen molar-refractivity contribution < 1.29 is 0 Å². The molecule has 108 valence electrons. The van der Waals surface area contributed by atoms with E-state index in [1.54, 1.807) is 0 Å². The van der Waals surface area contributed by atoms with E-state index < -0.39 is 0 Å². The van der Waals surface area contributed by atoms with Crippen LogP contribution < -0.4 is 5.32 Å². The predicted molar refractivity (Wildman–Crippen MR) is 86.3 cm³/mol. The Morgan fingerprint density at radius 2 is 2.00 bits per heavy atom. The molecule has 3 nitrogen and oxygen atoms in total. The van der Waals surface area contributed by atoms with E-state index in [1.807, 2.05) is 35.6 Å². The van der Waals surface area contributed by atoms with Crippen molar-refractivity contribution in [1.82, 2.24) is 15.1 Å². The number of rotatable bonds is 6. The summed E-state index contributed by atoms with van der Waals surface area (Å²) in [5.41, 5.74) is 3.67. The zero-order valence-corrected chi connectivity index (χ0v) is 13.7. The molecule has 0 amide bonds. The quantitative estimate of drug-likeness (QED) is 0.824. The van der Waals surface area contributed by atoms with Crippen molar-refractivity contribution in [3.05, 3.63) is 46.1 Å². The van der Waals surface area contributed by atoms with Crippen LogP contribution in [0.25, 0.3) is 0 Å². The van der Waals surface area contributed by atoms with Crippen LogP contribution in [0.2, 0.25) is 5.02 Å². The summed E-state index contributed by atoms with van der Waals surface area (Å²) in [6.07, 6.45) is 0. The number of nitrogens with one attached hydrogen (secondary N) is 1. The van der Waals surface area contributed by atoms with E-state index in [2.05, 4.69) is 36.4 Å². The van der Waals surface area contributed by atoms with E-state index in [9.17, 15) is 0 Å². The molecule has 0 atom stereocenters. The van der Waals surface area contributed by atoms with Crippen molar-refractivity contribution in [3.63, 3.8) is 0 Å². The van der Waals surface area contributed by atoms with Crippen LogP contribution in [-0.2, 0) is 19.3 Å². The van der Waals surface area contributed by atoms with E-state index in [4.69, 9.17) is 11.6 Å². The number of hydrogen-bond donors (Lipinski definition) is 1. The van der Waals surface area contributed by atoms with Crippen LogP contribution in [0, 0.1) is 6.92 Å². The average Bonchev–Trinajstić information content (AvgIpc) is 2.70. The SMILES string of the molecule is CCNCc1c(C)nn(C)c1SCc1ccc(Cl)cc1. The van der Waals surface area contributed by atoms with Gasteiger partial charge in [-0.1, -0.05) is 30.7 Å². The van der Waals surface area contributed by atoms with E-state index in [0.717, 1.165) is 29.6 Å². The number of benzene rings is 1. The largest absolute Gasteiger partial charge is 0.313 e. The van der Waals surface area contributed by atoms with E-state index in [1.165, 1.54) is 16.2 Å². The number of aryl methyl sites for hydroxylation is 2. The smallest absolute Gasteiger partial charge is 0.0987 e. The topological polar surface area (TPSA) is 29.9 Å². The maximum absolute atomic E-state index is 5.91. The van der Waals surface area contributed by atoms with Gasteiger partial charge < -0.3 is 5.32 Å². The van der Waals surface area contributed by atoms with Crippen molar-refractivity contribution in [2.24, 2.45) is 7.05 Å². The lowest BCUT2D eigenvalue weighted by atomic mass is 10.2. The maximum atomic E-state index is 5.91. The van der Waals surface area contributed by atoms with Crippen LogP contribution in [0.4, 0.5) is 0 Å². The molecule has 0 unspecified atom stereocenters. The fourth-order valence-electron chi connectivity index (χ4n) is 2.05. The minimum atomic E-state index is 0.781. The number of hydrogen-bond acceptors (Lipinski definition) is 3. The molecule has 2 rings (SSSR count). The molecule has 1 aromatic heterocycles. The van der Waals surface area contributed by atoms with Crippen molar-refractivity contribution in [2.45, 2.75) is 31.2 Å². The average molecular weight is 310 g/mol. The van der Waals surface area contributed by atoms with Gasteiger partial charge in [-0.2, -0.15) is 5.10 Å². The van der Waals surface area contributed by atoms with Crippen LogP contribution >= 0.6 is 23.4 Å². The summed E-state index contributed by atoms with van der Waals surface area (Å²) >= 11 is 7.73. The maximum Gasteiger partial charge on any atom is 0.0987 e. The summed E-state index contributed by atoms with van der Waals surface area (Å²) in [4.78, 5) is 0. The minimum Gasteiger partial charge on any atom is -0.313 e. The Balaban J connectivity index is 2.10. The molecule has 0 aliphatic heterocycles. The first-order chi connectivity index (χ1) is 9.61. The first-order valence-corrected chi connectivity index (χ1v) is 8.08. The monoisotopic (exact) mass is 309 g/mol. The Bertz CT molecular complexity index is 563. The van der Waals surface area contributed by atoms with Crippen LogP contribution in [-0.4, -0.2) is 16.3 Å². The van der Waals surface area contributed by atoms with Gasteiger partial charge >= 0.3 is 0 Å². The van der Waals surface area contributed by atoms with E-state index in [-0.39, 0.29) is 0 Å². The highest BCUT2D eigenvalue weighted by Crippen LogP contribution is 2.28. The molecule has 0 saturated carbocycles. The van der Waals surface area contributed by atoms with Gasteiger partial charge in [-0.05, 0) is 31.2 Å². The van der Waals surface area contributed by atoms with Gasteiger partial charge in [0, 0.05) is 29.9 Å². The summed E-state index contributed by atoms with van der Waals surface area (Å²) in [6, 6.07) is 8.02. The third-order valence-electron chi connectivity index (χ3n) is 3.13. The number of aromatic nitrogens is 2. The molecule has 0 fully saturated rings. The second kappa shape index (κ2) is 7.16. The highest BCUT2D eigenvalue weighted by atomic mass is 35.5. The molecular weight excluding hydrogens is 290 g/mol. The van der Waals surface area contributed by atoms with Gasteiger partial charge in [0.1, 0.15) is 0 Å². The zero-order chi connectivity index (χ0) is 14.5. The third kappa shape index (κ3) is 3.78. The molecule has 2 aromatic rings. The Morgan fingerprint density at radius 1 is 1.30 bits per heavy atom. The van der Waals surface area contributed by atoms with Crippen molar-refractivity contribution in [1.29, 1.82) is 0 Å². The van der Waals surface area contributed by atoms with Gasteiger partial charge in [-0.3, -0.25) is 4.68 Å². The first-order valence-electron chi connectivity index (χ1n) is 6.72. The molecule has 0 radical (unpaired) electrons. The molecule has 0 aliphatic rings. The van der Waals surface area contributed by atoms with Crippen LogP contribution in [0.1, 0.15) is 23.7 Å². The second-order valence-electron chi connectivity index (χ2n) is 4.69. The minimum absolute atomic E-state index is 0.781. The van der Waals surface area contributed by atoms with Crippen LogP contribution in [0.15, 0.2) is 29.3 Å². The van der Waals surface area contributed by atoms with Crippen molar-refractivity contribution >= 4 is 23.4 Å². The Morgan fingerprint density at radius 3 is 2.65 bits per heavy atom. The van der Waals surface area contributed by atoms with Gasteiger partial charge in [-0.15, -0.1) is 11.8 Å². The van der Waals surface area contributed by atoms with Gasteiger partial charge in [0.2, 0.25) is 0 Å². The van der Waals surface area contributed by atoms with E-state index >= 15 is 0 Å². The number of nitrogens with zero attached hydrogens (tertiary/aromatic N) is 2. The molecule has 1 aromatic carbocycles. The van der Waals surface area contributed by atoms with Gasteiger partial charge in [0.15, 0.2) is 0 Å². The van der Waals surface area contributed by atoms with Gasteiger partial charge in [-0.25, -0.2) is 0 Å². The first kappa shape index (κ1) is 15.4. The lowest BCUT2D eigenvalue weighted by Gasteiger charge is -2.07. The molecule has 0 bridgehead atoms. The number of thioether (sulfide) groups is 1. The second-order valence-corrected chi connectivity index (χ2v) is 6.09. The molecular formula is C15H20ClN3S. The summed E-state index contributed by atoms with van der Waals surface area (Å²) in [6.45, 7) is 6.03. The Kier molecular flexibility index (Phi) is 5.52. The highest BCUT2D eigenvalue weighted by Gasteiger charge is 2.13. The predicted octanol–water partition coefficient (Wildman–Crippen LogP) is 3.78. The lowest BCUT2D eigenvalue weighted by molar-refractivity contribution is 0.674. The fraction of sp³-hybridized carbons (Fsp3) is 0.400. The Hall–Kier alpha value is -0.970. The van der Waals surface area contributed by atoms with Gasteiger partial charge in [0.25, 0.3) is 0 Å². The third-order valence-corrected chi connectivity index (χ3v) is 4.64. The summed E-state index contributed by atoms with van der Waals surface area (Å²) in [5, 5.41) is 9.92. The Labute approximate surface area is 129 Å². The standard InChI is InChI=1S/C15H20ClN3S/c1-4-17-9-14-11(2)18-19(3)15(14)20-10-12-5-7-13(16)8-6-12/h5-8,17H,4,9-10H2,1-3H3. The molecule has 0 spiro atoms. The molecule has 0 saturated heterocycles. The molecule has 1 N–H and O–H groups in total. The summed E-state index contributed by atoms with van der Waals surface area (Å²) < 4.78 is 1.97. The van der Waals surface area contributed by atoms with Crippen molar-refractivity contribution in [3.8, 4) is 0 Å². The normalized spacial score (nSPS) is 11.0. The molecule has 1 heterocycles. The molecule has 0 aliphatic carbocycles. The van der Waals surface area contributed by atoms with Crippen LogP contribution in [0.3, 0.4) is 0 Å². The zero-order valence-electron chi connectivity index (χ0n) is 12.1. The number of halogens is 1. The lowest BCUT2D eigenvalue weighted by Crippen LogP contribution is -2.12. The van der Waals surface area contributed by atoms with E-state index in [0.29, 0.717) is 0 Å². The van der Waals surface area contributed by atoms with Crippen molar-refractivity contribution in [2.75, 3.05) is 6.54 Å². The molecule has 5 heteroatoms. The van der Waals surface area contributed by atoms with Crippen LogP contribution in [0.5, 0.6) is 0 Å². The molecule has 20 heavy (non-hydrogen) atoms. The highest BCUT2D eigenvalue weighted by molar-refractivity contribution is 7.98. The fourth-order valence-corrected chi connectivity index (χ4v) is 3.29. The summed E-state index contributed by atoms with van der Waals surface area (Å²) in [5.74, 6) is 0.926. The summed E-state index contributed by atoms with van der Waals surface area (Å²) in [7, 11) is 2.01.